The van der Waals surface area contributed by atoms with E-state index >= 15 is 0 Å². The predicted molar refractivity (Wildman–Crippen MR) is 77.6 cm³/mol. The van der Waals surface area contributed by atoms with Crippen LogP contribution in [0, 0.1) is 12.7 Å². The number of nitrogens with zero attached hydrogens (tertiary/aromatic N) is 2. The molecule has 110 valence electrons. The van der Waals surface area contributed by atoms with Crippen LogP contribution in [0.2, 0.25) is 0 Å². The van der Waals surface area contributed by atoms with E-state index in [1.807, 2.05) is 6.92 Å². The number of aromatic nitrogens is 2. The molecule has 6 heteroatoms. The smallest absolute Gasteiger partial charge is 0.253 e. The lowest BCUT2D eigenvalue weighted by molar-refractivity contribution is -0.116. The van der Waals surface area contributed by atoms with Gasteiger partial charge in [-0.3, -0.25) is 14.2 Å². The van der Waals surface area contributed by atoms with Crippen molar-refractivity contribution in [1.82, 2.24) is 9.55 Å². The van der Waals surface area contributed by atoms with Crippen molar-refractivity contribution in [3.05, 3.63) is 58.0 Å². The maximum atomic E-state index is 13.4. The van der Waals surface area contributed by atoms with Gasteiger partial charge in [-0.15, -0.1) is 0 Å². The highest BCUT2D eigenvalue weighted by molar-refractivity contribution is 5.90. The van der Waals surface area contributed by atoms with Gasteiger partial charge in [0.05, 0.1) is 6.33 Å². The second-order valence-electron chi connectivity index (χ2n) is 4.71. The van der Waals surface area contributed by atoms with Crippen LogP contribution in [0.4, 0.5) is 10.1 Å². The lowest BCUT2D eigenvalue weighted by Gasteiger charge is -2.08. The molecule has 2 aromatic rings. The summed E-state index contributed by atoms with van der Waals surface area (Å²) in [5.41, 5.74) is 1.25. The standard InChI is InChI=1S/C15H16FN3O2/c1-3-11-7-15(21)19(9-17-11)8-14(20)18-12-5-4-10(2)13(16)6-12/h4-7,9H,3,8H2,1-2H3,(H,18,20). The van der Waals surface area contributed by atoms with Gasteiger partial charge in [-0.2, -0.15) is 0 Å². The fourth-order valence-corrected chi connectivity index (χ4v) is 1.80. The first kappa shape index (κ1) is 14.9. The number of amides is 1. The van der Waals surface area contributed by atoms with Crippen LogP contribution in [0.3, 0.4) is 0 Å². The second-order valence-corrected chi connectivity index (χ2v) is 4.71. The van der Waals surface area contributed by atoms with E-state index in [0.29, 0.717) is 23.4 Å². The molecular weight excluding hydrogens is 273 g/mol. The molecule has 1 amide bonds. The lowest BCUT2D eigenvalue weighted by Crippen LogP contribution is -2.27. The molecule has 0 bridgehead atoms. The third kappa shape index (κ3) is 3.75. The van der Waals surface area contributed by atoms with Gasteiger partial charge in [-0.1, -0.05) is 13.0 Å². The van der Waals surface area contributed by atoms with Crippen molar-refractivity contribution in [2.45, 2.75) is 26.8 Å². The van der Waals surface area contributed by atoms with E-state index < -0.39 is 5.91 Å². The van der Waals surface area contributed by atoms with Gasteiger partial charge in [0.1, 0.15) is 12.4 Å². The summed E-state index contributed by atoms with van der Waals surface area (Å²) in [5.74, 6) is -0.801. The highest BCUT2D eigenvalue weighted by atomic mass is 19.1. The summed E-state index contributed by atoms with van der Waals surface area (Å²) in [7, 11) is 0. The number of hydrogen-bond donors (Lipinski definition) is 1. The molecule has 1 aromatic carbocycles. The first-order valence-corrected chi connectivity index (χ1v) is 6.61. The van der Waals surface area contributed by atoms with Gasteiger partial charge in [-0.05, 0) is 31.0 Å². The lowest BCUT2D eigenvalue weighted by atomic mass is 10.2. The van der Waals surface area contributed by atoms with E-state index in [0.717, 1.165) is 0 Å². The van der Waals surface area contributed by atoms with Gasteiger partial charge in [0.15, 0.2) is 0 Å². The minimum Gasteiger partial charge on any atom is -0.324 e. The number of nitrogens with one attached hydrogen (secondary N) is 1. The quantitative estimate of drug-likeness (QED) is 0.935. The van der Waals surface area contributed by atoms with Gasteiger partial charge in [0.25, 0.3) is 5.56 Å². The number of aryl methyl sites for hydroxylation is 2. The number of carbonyl (C=O) groups is 1. The number of halogens is 1. The molecule has 1 N–H and O–H groups in total. The molecule has 1 aromatic heterocycles. The van der Waals surface area contributed by atoms with Gasteiger partial charge >= 0.3 is 0 Å². The highest BCUT2D eigenvalue weighted by Crippen LogP contribution is 2.13. The molecule has 1 heterocycles. The van der Waals surface area contributed by atoms with Gasteiger partial charge in [-0.25, -0.2) is 9.37 Å². The Morgan fingerprint density at radius 3 is 2.76 bits per heavy atom. The average molecular weight is 289 g/mol. The van der Waals surface area contributed by atoms with Crippen LogP contribution in [0.1, 0.15) is 18.2 Å². The van der Waals surface area contributed by atoms with E-state index in [4.69, 9.17) is 0 Å². The summed E-state index contributed by atoms with van der Waals surface area (Å²) in [6.07, 6.45) is 2.00. The Morgan fingerprint density at radius 1 is 1.38 bits per heavy atom. The molecule has 0 unspecified atom stereocenters. The topological polar surface area (TPSA) is 64.0 Å². The molecule has 0 aliphatic heterocycles. The van der Waals surface area contributed by atoms with Crippen LogP contribution < -0.4 is 10.9 Å². The van der Waals surface area contributed by atoms with Crippen molar-refractivity contribution in [2.24, 2.45) is 0 Å². The molecule has 0 aliphatic rings. The van der Waals surface area contributed by atoms with Crippen LogP contribution >= 0.6 is 0 Å². The highest BCUT2D eigenvalue weighted by Gasteiger charge is 2.07. The van der Waals surface area contributed by atoms with Crippen LogP contribution in [0.15, 0.2) is 35.4 Å². The monoisotopic (exact) mass is 289 g/mol. The fourth-order valence-electron chi connectivity index (χ4n) is 1.80. The van der Waals surface area contributed by atoms with Crippen molar-refractivity contribution in [3.8, 4) is 0 Å². The van der Waals surface area contributed by atoms with Crippen molar-refractivity contribution in [3.63, 3.8) is 0 Å². The molecule has 0 fully saturated rings. The summed E-state index contributed by atoms with van der Waals surface area (Å²) in [5, 5.41) is 2.55. The summed E-state index contributed by atoms with van der Waals surface area (Å²) in [4.78, 5) is 27.7. The third-order valence-corrected chi connectivity index (χ3v) is 3.07. The zero-order valence-corrected chi connectivity index (χ0v) is 11.9. The Hall–Kier alpha value is -2.50. The first-order valence-electron chi connectivity index (χ1n) is 6.61. The van der Waals surface area contributed by atoms with Crippen molar-refractivity contribution >= 4 is 11.6 Å². The molecule has 0 saturated carbocycles. The Morgan fingerprint density at radius 2 is 2.14 bits per heavy atom. The number of carbonyl (C=O) groups excluding carboxylic acids is 1. The summed E-state index contributed by atoms with van der Waals surface area (Å²) < 4.78 is 14.6. The molecule has 2 rings (SSSR count). The van der Waals surface area contributed by atoms with E-state index in [1.54, 1.807) is 19.1 Å². The Labute approximate surface area is 121 Å². The minimum absolute atomic E-state index is 0.161. The molecular formula is C15H16FN3O2. The molecule has 0 aliphatic carbocycles. The van der Waals surface area contributed by atoms with Gasteiger partial charge in [0.2, 0.25) is 5.91 Å². The third-order valence-electron chi connectivity index (χ3n) is 3.07. The summed E-state index contributed by atoms with van der Waals surface area (Å²) in [6.45, 7) is 3.37. The molecule has 0 radical (unpaired) electrons. The number of hydrogen-bond acceptors (Lipinski definition) is 3. The molecule has 21 heavy (non-hydrogen) atoms. The van der Waals surface area contributed by atoms with E-state index in [1.165, 1.54) is 23.0 Å². The average Bonchev–Trinajstić information content (AvgIpc) is 2.45. The fraction of sp³-hybridized carbons (Fsp3) is 0.267. The zero-order chi connectivity index (χ0) is 15.4. The predicted octanol–water partition coefficient (Wildman–Crippen LogP) is 1.89. The summed E-state index contributed by atoms with van der Waals surface area (Å²) in [6, 6.07) is 5.83. The van der Waals surface area contributed by atoms with E-state index in [2.05, 4.69) is 10.3 Å². The van der Waals surface area contributed by atoms with Crippen molar-refractivity contribution in [2.75, 3.05) is 5.32 Å². The second kappa shape index (κ2) is 6.30. The SMILES string of the molecule is CCc1cc(=O)n(CC(=O)Nc2ccc(C)c(F)c2)cn1. The van der Waals surface area contributed by atoms with Crippen LogP contribution in [-0.4, -0.2) is 15.5 Å². The molecule has 0 atom stereocenters. The van der Waals surface area contributed by atoms with Gasteiger partial charge < -0.3 is 5.32 Å². The van der Waals surface area contributed by atoms with E-state index in [9.17, 15) is 14.0 Å². The van der Waals surface area contributed by atoms with Crippen LogP contribution in [0.25, 0.3) is 0 Å². The van der Waals surface area contributed by atoms with Crippen LogP contribution in [-0.2, 0) is 17.8 Å². The Kier molecular flexibility index (Phi) is 4.47. The van der Waals surface area contributed by atoms with Crippen molar-refractivity contribution in [1.29, 1.82) is 0 Å². The number of benzene rings is 1. The number of anilines is 1. The van der Waals surface area contributed by atoms with Crippen molar-refractivity contribution < 1.29 is 9.18 Å². The molecule has 0 saturated heterocycles. The maximum Gasteiger partial charge on any atom is 0.253 e. The molecule has 5 nitrogen and oxygen atoms in total. The first-order chi connectivity index (χ1) is 9.99. The largest absolute Gasteiger partial charge is 0.324 e. The maximum absolute atomic E-state index is 13.4. The normalized spacial score (nSPS) is 10.4. The Bertz CT molecular complexity index is 725. The minimum atomic E-state index is -0.411. The van der Waals surface area contributed by atoms with Gasteiger partial charge in [0, 0.05) is 17.4 Å². The summed E-state index contributed by atoms with van der Waals surface area (Å²) >= 11 is 0. The molecule has 0 spiro atoms. The zero-order valence-electron chi connectivity index (χ0n) is 11.9. The van der Waals surface area contributed by atoms with E-state index in [-0.39, 0.29) is 17.9 Å². The number of rotatable bonds is 4. The Balaban J connectivity index is 2.08. The van der Waals surface area contributed by atoms with Crippen LogP contribution in [0.5, 0.6) is 0 Å².